The second-order valence-corrected chi connectivity index (χ2v) is 23.2. The van der Waals surface area contributed by atoms with Crippen molar-refractivity contribution < 1.29 is 0 Å². The van der Waals surface area contributed by atoms with Crippen molar-refractivity contribution in [1.82, 2.24) is 29.9 Å². The Hall–Kier alpha value is -13.4. The molecule has 2 heterocycles. The summed E-state index contributed by atoms with van der Waals surface area (Å²) in [7, 11) is 0. The van der Waals surface area contributed by atoms with Crippen molar-refractivity contribution in [3.8, 4) is 147 Å². The fourth-order valence-corrected chi connectivity index (χ4v) is 12.3. The van der Waals surface area contributed by atoms with Crippen molar-refractivity contribution >= 4 is 21.5 Å². The zero-order valence-electron chi connectivity index (χ0n) is 51.9. The molecule has 8 nitrogen and oxygen atoms in total. The number of rotatable bonds is 12. The molecule has 0 radical (unpaired) electrons. The number of aromatic nitrogens is 6. The van der Waals surface area contributed by atoms with E-state index >= 15 is 0 Å². The molecule has 16 rings (SSSR count). The third-order valence-corrected chi connectivity index (χ3v) is 17.2. The van der Waals surface area contributed by atoms with Crippen molar-refractivity contribution in [2.75, 3.05) is 0 Å². The van der Waals surface area contributed by atoms with Gasteiger partial charge in [0, 0.05) is 33.4 Å². The van der Waals surface area contributed by atoms with Crippen LogP contribution in [0.25, 0.3) is 157 Å². The molecule has 14 aromatic carbocycles. The number of hydrogen-bond acceptors (Lipinski definition) is 8. The summed E-state index contributed by atoms with van der Waals surface area (Å²) in [5.41, 5.74) is 20.6. The summed E-state index contributed by atoms with van der Waals surface area (Å²) in [5.74, 6) is 3.85. The van der Waals surface area contributed by atoms with Crippen molar-refractivity contribution in [3.63, 3.8) is 0 Å². The van der Waals surface area contributed by atoms with Crippen LogP contribution in [0.5, 0.6) is 0 Å². The molecule has 0 fully saturated rings. The average Bonchev–Trinajstić information content (AvgIpc) is 0.791. The predicted molar refractivity (Wildman–Crippen MR) is 389 cm³/mol. The molecule has 0 amide bonds. The lowest BCUT2D eigenvalue weighted by molar-refractivity contribution is 1.07. The summed E-state index contributed by atoms with van der Waals surface area (Å²) < 4.78 is 0. The van der Waals surface area contributed by atoms with Crippen molar-refractivity contribution in [2.45, 2.75) is 0 Å². The minimum atomic E-state index is 0.632. The van der Waals surface area contributed by atoms with E-state index in [4.69, 9.17) is 40.4 Å². The van der Waals surface area contributed by atoms with E-state index in [9.17, 15) is 0 Å². The third-order valence-electron chi connectivity index (χ3n) is 17.2. The fraction of sp³-hybridized carbons (Fsp3) is 0. The Balaban J connectivity index is 0.000000158. The maximum absolute atomic E-state index is 9.15. The van der Waals surface area contributed by atoms with Gasteiger partial charge >= 0.3 is 0 Å². The summed E-state index contributed by atoms with van der Waals surface area (Å²) in [6, 6.07) is 120. The van der Waals surface area contributed by atoms with Crippen molar-refractivity contribution in [3.05, 3.63) is 351 Å². The van der Waals surface area contributed by atoms with E-state index in [0.29, 0.717) is 46.1 Å². The van der Waals surface area contributed by atoms with Gasteiger partial charge in [-0.2, -0.15) is 10.5 Å². The smallest absolute Gasteiger partial charge is 0.164 e. The number of nitriles is 2. The predicted octanol–water partition coefficient (Wildman–Crippen LogP) is 21.8. The molecule has 2 aromatic heterocycles. The van der Waals surface area contributed by atoms with E-state index in [-0.39, 0.29) is 0 Å². The summed E-state index contributed by atoms with van der Waals surface area (Å²) in [4.78, 5) is 29.4. The molecular weight excluding hydrogens is 1170 g/mol. The maximum Gasteiger partial charge on any atom is 0.164 e. The van der Waals surface area contributed by atoms with Gasteiger partial charge in [-0.15, -0.1) is 0 Å². The van der Waals surface area contributed by atoms with Crippen LogP contribution in [0.1, 0.15) is 11.1 Å². The van der Waals surface area contributed by atoms with Crippen LogP contribution < -0.4 is 0 Å². The van der Waals surface area contributed by atoms with Gasteiger partial charge < -0.3 is 0 Å². The molecular formula is C88H56N8. The Morgan fingerprint density at radius 2 is 0.375 bits per heavy atom. The molecule has 96 heavy (non-hydrogen) atoms. The van der Waals surface area contributed by atoms with Crippen LogP contribution in [0.3, 0.4) is 0 Å². The maximum atomic E-state index is 9.15. The molecule has 0 saturated carbocycles. The largest absolute Gasteiger partial charge is 0.208 e. The number of benzene rings is 14. The lowest BCUT2D eigenvalue weighted by Crippen LogP contribution is -2.00. The average molecular weight is 1230 g/mol. The first kappa shape index (κ1) is 58.9. The van der Waals surface area contributed by atoms with Crippen LogP contribution in [0.2, 0.25) is 0 Å². The normalized spacial score (nSPS) is 10.9. The van der Waals surface area contributed by atoms with Crippen molar-refractivity contribution in [1.29, 1.82) is 10.5 Å². The van der Waals surface area contributed by atoms with E-state index < -0.39 is 0 Å². The molecule has 448 valence electrons. The molecule has 8 heteroatoms. The highest BCUT2D eigenvalue weighted by Gasteiger charge is 2.18. The number of nitrogens with zero attached hydrogens (tertiary/aromatic N) is 8. The molecule has 0 aliphatic carbocycles. The second-order valence-electron chi connectivity index (χ2n) is 23.2. The zero-order chi connectivity index (χ0) is 64.6. The van der Waals surface area contributed by atoms with Gasteiger partial charge in [0.05, 0.1) is 23.3 Å². The van der Waals surface area contributed by atoms with Crippen LogP contribution >= 0.6 is 0 Å². The molecule has 0 atom stereocenters. The Labute approximate surface area is 556 Å². The summed E-state index contributed by atoms with van der Waals surface area (Å²) in [5, 5.41) is 23.0. The summed E-state index contributed by atoms with van der Waals surface area (Å²) in [6.45, 7) is 0. The van der Waals surface area contributed by atoms with Gasteiger partial charge in [0.15, 0.2) is 34.9 Å². The van der Waals surface area contributed by atoms with E-state index in [0.717, 1.165) is 83.5 Å². The summed E-state index contributed by atoms with van der Waals surface area (Å²) >= 11 is 0. The molecule has 0 unspecified atom stereocenters. The SMILES string of the molecule is N#Cc1ccc(-c2ccc(-c3ccc(-c4ccc(-c5nc(-c6ccccc6)nc(-c6ccccc6)n5)cc4)c4ccccc34)cc2)cc1.N#Cc1ccc(-c2ccc(-c3ccc(-c4cccc(-c5nc(-c6ccccc6)nc(-c6ccccc6)n5)c4)c4ccccc34)cc2)cc1. The van der Waals surface area contributed by atoms with Crippen LogP contribution in [0.4, 0.5) is 0 Å². The Kier molecular flexibility index (Phi) is 16.5. The van der Waals surface area contributed by atoms with Gasteiger partial charge in [-0.25, -0.2) is 29.9 Å². The van der Waals surface area contributed by atoms with Gasteiger partial charge in [0.25, 0.3) is 0 Å². The van der Waals surface area contributed by atoms with Gasteiger partial charge in [-0.05, 0) is 119 Å². The lowest BCUT2D eigenvalue weighted by Gasteiger charge is -2.14. The highest BCUT2D eigenvalue weighted by molar-refractivity contribution is 6.06. The fourth-order valence-electron chi connectivity index (χ4n) is 12.3. The van der Waals surface area contributed by atoms with E-state index in [2.05, 4.69) is 182 Å². The Morgan fingerprint density at radius 3 is 0.667 bits per heavy atom. The Morgan fingerprint density at radius 1 is 0.167 bits per heavy atom. The van der Waals surface area contributed by atoms with Gasteiger partial charge in [-0.1, -0.05) is 309 Å². The van der Waals surface area contributed by atoms with Crippen molar-refractivity contribution in [2.24, 2.45) is 0 Å². The molecule has 0 aliphatic rings. The lowest BCUT2D eigenvalue weighted by atomic mass is 9.91. The van der Waals surface area contributed by atoms with Crippen LogP contribution in [0, 0.1) is 22.7 Å². The minimum Gasteiger partial charge on any atom is -0.208 e. The summed E-state index contributed by atoms with van der Waals surface area (Å²) in [6.07, 6.45) is 0. The quantitative estimate of drug-likeness (QED) is 0.118. The van der Waals surface area contributed by atoms with E-state index in [1.54, 1.807) is 0 Å². The van der Waals surface area contributed by atoms with E-state index in [1.165, 1.54) is 38.2 Å². The first-order chi connectivity index (χ1) is 47.5. The van der Waals surface area contributed by atoms with Gasteiger partial charge in [0.2, 0.25) is 0 Å². The third kappa shape index (κ3) is 12.4. The zero-order valence-corrected chi connectivity index (χ0v) is 51.9. The first-order valence-electron chi connectivity index (χ1n) is 31.7. The highest BCUT2D eigenvalue weighted by atomic mass is 15.0. The Bertz CT molecular complexity index is 5420. The second kappa shape index (κ2) is 26.8. The number of fused-ring (bicyclic) bond motifs is 2. The monoisotopic (exact) mass is 1220 g/mol. The molecule has 0 bridgehead atoms. The van der Waals surface area contributed by atoms with Crippen LogP contribution in [-0.2, 0) is 0 Å². The standard InChI is InChI=1S/2C44H28N4/c45-29-30-18-20-31(21-19-30)32-22-24-33(25-23-32)38-26-27-39(41-17-8-7-16-40(38)41)36-14-9-15-37(28-36)44-47-42(34-10-3-1-4-11-34)46-43(48-44)35-12-5-2-6-13-35;45-29-30-15-17-31(18-16-30)32-19-21-33(22-20-32)38-27-28-39(41-14-8-7-13-40(38)41)34-23-25-37(26-24-34)44-47-42(35-9-3-1-4-10-35)46-43(48-44)36-11-5-2-6-12-36/h2*1-28H. The first-order valence-corrected chi connectivity index (χ1v) is 31.7. The van der Waals surface area contributed by atoms with E-state index in [1.807, 2.05) is 170 Å². The topological polar surface area (TPSA) is 125 Å². The minimum absolute atomic E-state index is 0.632. The number of hydrogen-bond donors (Lipinski definition) is 0. The van der Waals surface area contributed by atoms with Crippen LogP contribution in [0.15, 0.2) is 340 Å². The molecule has 0 saturated heterocycles. The molecule has 0 N–H and O–H groups in total. The molecule has 0 aliphatic heterocycles. The molecule has 0 spiro atoms. The molecule has 16 aromatic rings. The van der Waals surface area contributed by atoms with Gasteiger partial charge in [-0.3, -0.25) is 0 Å². The van der Waals surface area contributed by atoms with Gasteiger partial charge in [0.1, 0.15) is 0 Å². The van der Waals surface area contributed by atoms with Crippen LogP contribution in [-0.4, -0.2) is 29.9 Å². The highest BCUT2D eigenvalue weighted by Crippen LogP contribution is 2.40.